The molecule has 1 aliphatic heterocycles. The Labute approximate surface area is 195 Å². The van der Waals surface area contributed by atoms with Crippen LogP contribution in [0.1, 0.15) is 27.3 Å². The second-order valence-electron chi connectivity index (χ2n) is 8.31. The molecule has 1 aliphatic rings. The lowest BCUT2D eigenvalue weighted by molar-refractivity contribution is 0.0958. The lowest BCUT2D eigenvalue weighted by Crippen LogP contribution is -2.19. The van der Waals surface area contributed by atoms with E-state index >= 15 is 4.39 Å². The van der Waals surface area contributed by atoms with E-state index < -0.39 is 17.2 Å². The van der Waals surface area contributed by atoms with Crippen molar-refractivity contribution in [1.29, 1.82) is 0 Å². The minimum Gasteiger partial charge on any atom is -0.354 e. The van der Waals surface area contributed by atoms with Gasteiger partial charge in [0.2, 0.25) is 0 Å². The Morgan fingerprint density at radius 2 is 2.03 bits per heavy atom. The molecule has 1 aromatic carbocycles. The molecular weight excluding hydrogens is 458 g/mol. The molecular formula is C23H18F2N8O2. The predicted octanol–water partition coefficient (Wildman–Crippen LogP) is 1.91. The molecule has 176 valence electrons. The number of nitrogens with one attached hydrogen (secondary N) is 2. The number of pyridine rings is 1. The average molecular weight is 476 g/mol. The number of aromatic nitrogens is 6. The van der Waals surface area contributed by atoms with Gasteiger partial charge < -0.3 is 10.3 Å². The maximum atomic E-state index is 15.3. The summed E-state index contributed by atoms with van der Waals surface area (Å²) in [7, 11) is 1.55. The lowest BCUT2D eigenvalue weighted by atomic mass is 10.1. The summed E-state index contributed by atoms with van der Waals surface area (Å²) in [6.07, 6.45) is 4.41. The highest BCUT2D eigenvalue weighted by Crippen LogP contribution is 2.27. The van der Waals surface area contributed by atoms with E-state index in [2.05, 4.69) is 25.5 Å². The summed E-state index contributed by atoms with van der Waals surface area (Å²) in [6.45, 7) is 1.38. The van der Waals surface area contributed by atoms with Crippen LogP contribution in [-0.4, -0.2) is 47.2 Å². The van der Waals surface area contributed by atoms with Crippen LogP contribution in [0.15, 0.2) is 47.7 Å². The van der Waals surface area contributed by atoms with Crippen molar-refractivity contribution < 1.29 is 13.6 Å². The van der Waals surface area contributed by atoms with Crippen LogP contribution in [0.5, 0.6) is 0 Å². The minimum absolute atomic E-state index is 0.0158. The summed E-state index contributed by atoms with van der Waals surface area (Å²) >= 11 is 0. The summed E-state index contributed by atoms with van der Waals surface area (Å²) in [5, 5.41) is 11.0. The summed E-state index contributed by atoms with van der Waals surface area (Å²) in [6, 6.07) is 6.63. The van der Waals surface area contributed by atoms with Gasteiger partial charge in [0, 0.05) is 44.0 Å². The summed E-state index contributed by atoms with van der Waals surface area (Å²) < 4.78 is 32.0. The number of carbonyl (C=O) groups is 1. The van der Waals surface area contributed by atoms with Crippen molar-refractivity contribution in [2.75, 3.05) is 7.05 Å². The van der Waals surface area contributed by atoms with Gasteiger partial charge in [0.15, 0.2) is 17.2 Å². The van der Waals surface area contributed by atoms with Crippen LogP contribution >= 0.6 is 0 Å². The molecule has 4 aromatic heterocycles. The van der Waals surface area contributed by atoms with Gasteiger partial charge in [0.05, 0.1) is 29.3 Å². The molecule has 0 radical (unpaired) electrons. The third-order valence-corrected chi connectivity index (χ3v) is 6.12. The van der Waals surface area contributed by atoms with E-state index in [9.17, 15) is 14.0 Å². The van der Waals surface area contributed by atoms with Crippen molar-refractivity contribution >= 4 is 22.5 Å². The van der Waals surface area contributed by atoms with E-state index in [0.717, 1.165) is 27.7 Å². The van der Waals surface area contributed by atoms with E-state index in [1.807, 2.05) is 11.1 Å². The number of aromatic amines is 1. The first kappa shape index (κ1) is 21.1. The van der Waals surface area contributed by atoms with Gasteiger partial charge in [-0.3, -0.25) is 14.5 Å². The Bertz CT molecular complexity index is 1660. The van der Waals surface area contributed by atoms with Gasteiger partial charge >= 0.3 is 0 Å². The van der Waals surface area contributed by atoms with E-state index in [0.29, 0.717) is 30.9 Å². The molecule has 0 saturated carbocycles. The quantitative estimate of drug-likeness (QED) is 0.410. The first-order valence-electron chi connectivity index (χ1n) is 10.8. The molecule has 5 aromatic rings. The Hall–Kier alpha value is -4.45. The van der Waals surface area contributed by atoms with Crippen molar-refractivity contribution in [3.05, 3.63) is 87.4 Å². The molecule has 35 heavy (non-hydrogen) atoms. The van der Waals surface area contributed by atoms with E-state index in [4.69, 9.17) is 0 Å². The van der Waals surface area contributed by atoms with Crippen LogP contribution in [0.4, 0.5) is 8.78 Å². The zero-order valence-electron chi connectivity index (χ0n) is 18.4. The number of carbonyl (C=O) groups excluding carboxylic acids is 1. The Balaban J connectivity index is 1.23. The first-order valence-corrected chi connectivity index (χ1v) is 10.8. The predicted molar refractivity (Wildman–Crippen MR) is 121 cm³/mol. The SMILES string of the molecule is CNC(=O)c1ccc(-n2cc3c(n2)CN(Cc2ccc4c([nH]c(=O)c5c(F)cnn54)c2F)C3)cn1. The van der Waals surface area contributed by atoms with Crippen LogP contribution < -0.4 is 10.9 Å². The van der Waals surface area contributed by atoms with Gasteiger partial charge in [0.1, 0.15) is 11.2 Å². The Kier molecular flexibility index (Phi) is 4.71. The molecule has 12 heteroatoms. The molecule has 0 atom stereocenters. The van der Waals surface area contributed by atoms with E-state index in [1.165, 1.54) is 0 Å². The van der Waals surface area contributed by atoms with Gasteiger partial charge in [-0.05, 0) is 18.2 Å². The first-order chi connectivity index (χ1) is 16.9. The number of halogens is 2. The molecule has 1 amide bonds. The van der Waals surface area contributed by atoms with Crippen LogP contribution in [0, 0.1) is 11.6 Å². The van der Waals surface area contributed by atoms with Gasteiger partial charge in [-0.15, -0.1) is 0 Å². The number of H-pyrrole nitrogens is 1. The lowest BCUT2D eigenvalue weighted by Gasteiger charge is -2.16. The molecule has 10 nitrogen and oxygen atoms in total. The normalized spacial score (nSPS) is 13.6. The number of hydrogen-bond acceptors (Lipinski definition) is 6. The molecule has 0 fully saturated rings. The largest absolute Gasteiger partial charge is 0.354 e. The number of rotatable bonds is 4. The number of fused-ring (bicyclic) bond motifs is 4. The molecule has 0 saturated heterocycles. The molecule has 5 heterocycles. The zero-order valence-corrected chi connectivity index (χ0v) is 18.4. The van der Waals surface area contributed by atoms with Gasteiger partial charge in [-0.2, -0.15) is 10.2 Å². The standard InChI is InChI=1S/C23H18F2N8O2/c1-26-22(34)16-4-3-14(6-27-16)32-10-13-9-31(11-17(13)30-32)8-12-2-5-18-20(19(12)25)29-23(35)21-15(24)7-28-33(18)21/h2-7,10H,8-9,11H2,1H3,(H,26,34)(H,29,35). The van der Waals surface area contributed by atoms with Gasteiger partial charge in [-0.1, -0.05) is 6.07 Å². The summed E-state index contributed by atoms with van der Waals surface area (Å²) in [5.41, 5.74) is 2.59. The minimum atomic E-state index is -0.762. The highest BCUT2D eigenvalue weighted by atomic mass is 19.1. The molecule has 6 rings (SSSR count). The number of benzene rings is 1. The fourth-order valence-electron chi connectivity index (χ4n) is 4.40. The number of amides is 1. The van der Waals surface area contributed by atoms with Crippen molar-refractivity contribution in [3.8, 4) is 5.69 Å². The van der Waals surface area contributed by atoms with Crippen molar-refractivity contribution in [1.82, 2.24) is 39.6 Å². The third-order valence-electron chi connectivity index (χ3n) is 6.12. The number of hydrogen-bond donors (Lipinski definition) is 2. The second kappa shape index (κ2) is 7.81. The Morgan fingerprint density at radius 1 is 1.17 bits per heavy atom. The fraction of sp³-hybridized carbons (Fsp3) is 0.174. The van der Waals surface area contributed by atoms with E-state index in [-0.39, 0.29) is 22.5 Å². The van der Waals surface area contributed by atoms with Crippen LogP contribution in [-0.2, 0) is 19.6 Å². The smallest absolute Gasteiger partial charge is 0.277 e. The van der Waals surface area contributed by atoms with Gasteiger partial charge in [0.25, 0.3) is 11.5 Å². The molecule has 0 aliphatic carbocycles. The zero-order chi connectivity index (χ0) is 24.3. The summed E-state index contributed by atoms with van der Waals surface area (Å²) in [4.78, 5) is 32.6. The van der Waals surface area contributed by atoms with Crippen LogP contribution in [0.3, 0.4) is 0 Å². The molecule has 0 unspecified atom stereocenters. The topological polar surface area (TPSA) is 113 Å². The maximum Gasteiger partial charge on any atom is 0.277 e. The average Bonchev–Trinajstić information content (AvgIpc) is 3.54. The van der Waals surface area contributed by atoms with Crippen molar-refractivity contribution in [3.63, 3.8) is 0 Å². The van der Waals surface area contributed by atoms with Gasteiger partial charge in [-0.25, -0.2) is 23.0 Å². The van der Waals surface area contributed by atoms with Crippen molar-refractivity contribution in [2.45, 2.75) is 19.6 Å². The maximum absolute atomic E-state index is 15.3. The molecule has 0 bridgehead atoms. The highest BCUT2D eigenvalue weighted by Gasteiger charge is 2.25. The number of nitrogens with zero attached hydrogens (tertiary/aromatic N) is 6. The van der Waals surface area contributed by atoms with Crippen molar-refractivity contribution in [2.24, 2.45) is 0 Å². The van der Waals surface area contributed by atoms with Crippen LogP contribution in [0.25, 0.3) is 22.2 Å². The molecule has 2 N–H and O–H groups in total. The fourth-order valence-corrected chi connectivity index (χ4v) is 4.40. The highest BCUT2D eigenvalue weighted by molar-refractivity contribution is 5.92. The monoisotopic (exact) mass is 476 g/mol. The molecule has 0 spiro atoms. The second-order valence-corrected chi connectivity index (χ2v) is 8.31. The van der Waals surface area contributed by atoms with Crippen LogP contribution in [0.2, 0.25) is 0 Å². The van der Waals surface area contributed by atoms with E-state index in [1.54, 1.807) is 42.2 Å². The Morgan fingerprint density at radius 3 is 2.77 bits per heavy atom. The summed E-state index contributed by atoms with van der Waals surface area (Å²) in [5.74, 6) is -1.60. The third kappa shape index (κ3) is 3.37.